The van der Waals surface area contributed by atoms with Crippen LogP contribution in [0.1, 0.15) is 17.9 Å². The van der Waals surface area contributed by atoms with E-state index in [2.05, 4.69) is 22.5 Å². The summed E-state index contributed by atoms with van der Waals surface area (Å²) in [5, 5.41) is 17.2. The number of nitrogens with zero attached hydrogens (tertiary/aromatic N) is 3. The van der Waals surface area contributed by atoms with Crippen molar-refractivity contribution in [2.75, 3.05) is 0 Å². The molecule has 1 N–H and O–H groups in total. The SMILES string of the molecule is Cn1cc2c(C3CC3C=NO)cccc2n1. The number of hydrogen-bond acceptors (Lipinski definition) is 3. The first kappa shape index (κ1) is 9.39. The van der Waals surface area contributed by atoms with Crippen molar-refractivity contribution >= 4 is 17.1 Å². The van der Waals surface area contributed by atoms with E-state index in [-0.39, 0.29) is 0 Å². The fourth-order valence-corrected chi connectivity index (χ4v) is 2.33. The van der Waals surface area contributed by atoms with Crippen molar-refractivity contribution in [3.8, 4) is 0 Å². The number of aromatic nitrogens is 2. The topological polar surface area (TPSA) is 50.4 Å². The molecule has 1 saturated carbocycles. The first-order valence-corrected chi connectivity index (χ1v) is 5.39. The largest absolute Gasteiger partial charge is 0.411 e. The minimum Gasteiger partial charge on any atom is -0.411 e. The molecule has 0 spiro atoms. The molecule has 1 aliphatic carbocycles. The van der Waals surface area contributed by atoms with Crippen molar-refractivity contribution in [2.24, 2.45) is 18.1 Å². The molecule has 1 fully saturated rings. The van der Waals surface area contributed by atoms with Gasteiger partial charge in [-0.3, -0.25) is 4.68 Å². The third-order valence-electron chi connectivity index (χ3n) is 3.20. The molecule has 3 rings (SSSR count). The number of hydrogen-bond donors (Lipinski definition) is 1. The summed E-state index contributed by atoms with van der Waals surface area (Å²) in [7, 11) is 1.93. The average Bonchev–Trinajstić information content (AvgIpc) is 2.90. The molecular weight excluding hydrogens is 202 g/mol. The summed E-state index contributed by atoms with van der Waals surface area (Å²) >= 11 is 0. The molecule has 0 aliphatic heterocycles. The molecule has 16 heavy (non-hydrogen) atoms. The summed E-state index contributed by atoms with van der Waals surface area (Å²) in [6, 6.07) is 6.20. The second-order valence-corrected chi connectivity index (χ2v) is 4.35. The Morgan fingerprint density at radius 1 is 1.56 bits per heavy atom. The summed E-state index contributed by atoms with van der Waals surface area (Å²) in [5.41, 5.74) is 2.35. The third kappa shape index (κ3) is 1.38. The van der Waals surface area contributed by atoms with Gasteiger partial charge in [0, 0.05) is 30.8 Å². The normalized spacial score (nSPS) is 24.3. The standard InChI is InChI=1S/C12H13N3O/c1-15-7-11-9(3-2-4-12(11)14-15)10-5-8(10)6-13-16/h2-4,6-8,10,16H,5H2,1H3. The minimum absolute atomic E-state index is 0.385. The van der Waals surface area contributed by atoms with E-state index in [4.69, 9.17) is 5.21 Å². The van der Waals surface area contributed by atoms with E-state index in [0.29, 0.717) is 11.8 Å². The first-order valence-electron chi connectivity index (χ1n) is 5.39. The Bertz CT molecular complexity index is 558. The van der Waals surface area contributed by atoms with Gasteiger partial charge in [-0.1, -0.05) is 12.1 Å². The molecular formula is C12H13N3O. The average molecular weight is 215 g/mol. The van der Waals surface area contributed by atoms with Crippen LogP contribution in [0.4, 0.5) is 0 Å². The van der Waals surface area contributed by atoms with Crippen molar-refractivity contribution in [3.05, 3.63) is 30.0 Å². The second kappa shape index (κ2) is 3.33. The van der Waals surface area contributed by atoms with Crippen molar-refractivity contribution < 1.29 is 5.21 Å². The maximum absolute atomic E-state index is 8.51. The maximum atomic E-state index is 8.51. The highest BCUT2D eigenvalue weighted by molar-refractivity contribution is 5.84. The summed E-state index contributed by atoms with van der Waals surface area (Å²) in [6.07, 6.45) is 4.74. The fraction of sp³-hybridized carbons (Fsp3) is 0.333. The van der Waals surface area contributed by atoms with Gasteiger partial charge in [0.15, 0.2) is 0 Å². The van der Waals surface area contributed by atoms with E-state index in [1.54, 1.807) is 6.21 Å². The van der Waals surface area contributed by atoms with Gasteiger partial charge in [0.2, 0.25) is 0 Å². The Labute approximate surface area is 93.2 Å². The molecule has 1 heterocycles. The summed E-state index contributed by atoms with van der Waals surface area (Å²) < 4.78 is 1.84. The number of benzene rings is 1. The molecule has 0 amide bonds. The van der Waals surface area contributed by atoms with Gasteiger partial charge in [-0.2, -0.15) is 5.10 Å². The molecule has 82 valence electrons. The zero-order chi connectivity index (χ0) is 11.1. The molecule has 1 aromatic heterocycles. The molecule has 4 heteroatoms. The molecule has 4 nitrogen and oxygen atoms in total. The molecule has 1 aliphatic rings. The summed E-state index contributed by atoms with van der Waals surface area (Å²) in [4.78, 5) is 0. The fourth-order valence-electron chi connectivity index (χ4n) is 2.33. The molecule has 2 unspecified atom stereocenters. The van der Waals surface area contributed by atoms with Crippen LogP contribution in [0.25, 0.3) is 10.9 Å². The van der Waals surface area contributed by atoms with Gasteiger partial charge in [-0.05, 0) is 24.0 Å². The van der Waals surface area contributed by atoms with Crippen LogP contribution in [0.15, 0.2) is 29.6 Å². The Balaban J connectivity index is 2.04. The molecule has 1 aromatic carbocycles. The third-order valence-corrected chi connectivity index (χ3v) is 3.20. The zero-order valence-electron chi connectivity index (χ0n) is 9.04. The quantitative estimate of drug-likeness (QED) is 0.474. The zero-order valence-corrected chi connectivity index (χ0v) is 9.04. The van der Waals surface area contributed by atoms with E-state index < -0.39 is 0 Å². The minimum atomic E-state index is 0.385. The van der Waals surface area contributed by atoms with Crippen LogP contribution in [0, 0.1) is 5.92 Å². The predicted molar refractivity (Wildman–Crippen MR) is 61.8 cm³/mol. The monoisotopic (exact) mass is 215 g/mol. The van der Waals surface area contributed by atoms with E-state index >= 15 is 0 Å². The van der Waals surface area contributed by atoms with E-state index in [1.807, 2.05) is 23.9 Å². The summed E-state index contributed by atoms with van der Waals surface area (Å²) in [6.45, 7) is 0. The van der Waals surface area contributed by atoms with Gasteiger partial charge in [0.25, 0.3) is 0 Å². The number of aryl methyl sites for hydroxylation is 1. The Kier molecular flexibility index (Phi) is 1.96. The lowest BCUT2D eigenvalue weighted by atomic mass is 10.1. The van der Waals surface area contributed by atoms with Gasteiger partial charge in [0.05, 0.1) is 5.52 Å². The van der Waals surface area contributed by atoms with Crippen molar-refractivity contribution in [3.63, 3.8) is 0 Å². The van der Waals surface area contributed by atoms with Crippen LogP contribution >= 0.6 is 0 Å². The highest BCUT2D eigenvalue weighted by Gasteiger charge is 2.38. The van der Waals surface area contributed by atoms with Gasteiger partial charge in [-0.25, -0.2) is 0 Å². The van der Waals surface area contributed by atoms with Crippen LogP contribution in [0.5, 0.6) is 0 Å². The molecule has 0 radical (unpaired) electrons. The lowest BCUT2D eigenvalue weighted by Crippen LogP contribution is -1.85. The van der Waals surface area contributed by atoms with Gasteiger partial charge >= 0.3 is 0 Å². The Morgan fingerprint density at radius 3 is 3.25 bits per heavy atom. The van der Waals surface area contributed by atoms with Crippen LogP contribution in [0.2, 0.25) is 0 Å². The lowest BCUT2D eigenvalue weighted by Gasteiger charge is -1.99. The van der Waals surface area contributed by atoms with Crippen LogP contribution in [-0.2, 0) is 7.05 Å². The van der Waals surface area contributed by atoms with Gasteiger partial charge < -0.3 is 5.21 Å². The Hall–Kier alpha value is -1.84. The predicted octanol–water partition coefficient (Wildman–Crippen LogP) is 2.14. The summed E-state index contributed by atoms with van der Waals surface area (Å²) in [5.74, 6) is 0.875. The number of oxime groups is 1. The smallest absolute Gasteiger partial charge is 0.0926 e. The molecule has 0 bridgehead atoms. The van der Waals surface area contributed by atoms with Gasteiger partial charge in [-0.15, -0.1) is 5.16 Å². The molecule has 0 saturated heterocycles. The van der Waals surface area contributed by atoms with E-state index in [9.17, 15) is 0 Å². The number of fused-ring (bicyclic) bond motifs is 1. The maximum Gasteiger partial charge on any atom is 0.0926 e. The lowest BCUT2D eigenvalue weighted by molar-refractivity contribution is 0.320. The highest BCUT2D eigenvalue weighted by atomic mass is 16.4. The Morgan fingerprint density at radius 2 is 2.44 bits per heavy atom. The first-order chi connectivity index (χ1) is 7.79. The molecule has 2 atom stereocenters. The van der Waals surface area contributed by atoms with Crippen LogP contribution in [0.3, 0.4) is 0 Å². The highest BCUT2D eigenvalue weighted by Crippen LogP contribution is 2.48. The number of rotatable bonds is 2. The van der Waals surface area contributed by atoms with E-state index in [0.717, 1.165) is 11.9 Å². The molecule has 2 aromatic rings. The van der Waals surface area contributed by atoms with Crippen LogP contribution < -0.4 is 0 Å². The van der Waals surface area contributed by atoms with Crippen molar-refractivity contribution in [1.82, 2.24) is 9.78 Å². The van der Waals surface area contributed by atoms with E-state index in [1.165, 1.54) is 10.9 Å². The van der Waals surface area contributed by atoms with Gasteiger partial charge in [0.1, 0.15) is 0 Å². The second-order valence-electron chi connectivity index (χ2n) is 4.35. The van der Waals surface area contributed by atoms with Crippen LogP contribution in [-0.4, -0.2) is 21.2 Å². The van der Waals surface area contributed by atoms with Crippen molar-refractivity contribution in [1.29, 1.82) is 0 Å². The van der Waals surface area contributed by atoms with Crippen molar-refractivity contribution in [2.45, 2.75) is 12.3 Å².